The molecule has 0 aliphatic carbocycles. The van der Waals surface area contributed by atoms with Gasteiger partial charge in [-0.05, 0) is 0 Å². The van der Waals surface area contributed by atoms with Crippen molar-refractivity contribution in [1.82, 2.24) is 4.90 Å². The number of carboxylic acids is 1. The van der Waals surface area contributed by atoms with Crippen molar-refractivity contribution in [3.8, 4) is 0 Å². The lowest BCUT2D eigenvalue weighted by Crippen LogP contribution is -2.48. The van der Waals surface area contributed by atoms with Crippen LogP contribution in [0.1, 0.15) is 12.8 Å². The number of rotatable bonds is 3. The van der Waals surface area contributed by atoms with Crippen LogP contribution in [-0.2, 0) is 9.59 Å². The van der Waals surface area contributed by atoms with Crippen molar-refractivity contribution in [1.29, 1.82) is 0 Å². The molecule has 2 aliphatic rings. The average molecular weight is 215 g/mol. The highest BCUT2D eigenvalue weighted by atomic mass is 32.2. The van der Waals surface area contributed by atoms with Gasteiger partial charge in [0.2, 0.25) is 5.91 Å². The Kier molecular flexibility index (Phi) is 2.24. The summed E-state index contributed by atoms with van der Waals surface area (Å²) in [6.07, 6.45) is 0.711. The highest BCUT2D eigenvalue weighted by Crippen LogP contribution is 2.46. The van der Waals surface area contributed by atoms with Crippen molar-refractivity contribution in [3.63, 3.8) is 0 Å². The number of β-lactam (4-membered cyclic amide) rings is 1. The van der Waals surface area contributed by atoms with E-state index < -0.39 is 5.97 Å². The quantitative estimate of drug-likeness (QED) is 0.646. The third kappa shape index (κ3) is 1.22. The zero-order valence-electron chi connectivity index (χ0n) is 7.27. The Balaban J connectivity index is 2.28. The molecule has 14 heavy (non-hydrogen) atoms. The van der Waals surface area contributed by atoms with Crippen LogP contribution in [-0.4, -0.2) is 39.0 Å². The molecule has 76 valence electrons. The highest BCUT2D eigenvalue weighted by molar-refractivity contribution is 8.04. The number of nitrogens with zero attached hydrogens (tertiary/aromatic N) is 1. The third-order valence-corrected chi connectivity index (χ3v) is 3.56. The van der Waals surface area contributed by atoms with Gasteiger partial charge in [-0.15, -0.1) is 11.8 Å². The molecule has 2 rings (SSSR count). The molecule has 2 N–H and O–H groups in total. The molecule has 2 aliphatic heterocycles. The fraction of sp³-hybridized carbons (Fsp3) is 0.500. The number of aliphatic carboxylic acids is 1. The van der Waals surface area contributed by atoms with Gasteiger partial charge in [0.15, 0.2) is 0 Å². The monoisotopic (exact) mass is 215 g/mol. The normalized spacial score (nSPS) is 25.1. The number of amides is 1. The predicted molar refractivity (Wildman–Crippen MR) is 49.2 cm³/mol. The molecule has 0 saturated carbocycles. The van der Waals surface area contributed by atoms with Crippen LogP contribution in [0.2, 0.25) is 0 Å². The van der Waals surface area contributed by atoms with E-state index in [-0.39, 0.29) is 23.6 Å². The molecular weight excluding hydrogens is 206 g/mol. The van der Waals surface area contributed by atoms with E-state index in [1.807, 2.05) is 0 Å². The second-order valence-corrected chi connectivity index (χ2v) is 4.36. The van der Waals surface area contributed by atoms with E-state index in [0.717, 1.165) is 0 Å². The van der Waals surface area contributed by atoms with Gasteiger partial charge < -0.3 is 10.2 Å². The Morgan fingerprint density at radius 3 is 2.86 bits per heavy atom. The van der Waals surface area contributed by atoms with E-state index in [1.54, 1.807) is 0 Å². The lowest BCUT2D eigenvalue weighted by molar-refractivity contribution is -0.145. The standard InChI is InChI=1S/C8H9NO4S/c10-2-1-4-7(8(12)13)9-5(11)3-6(9)14-4/h6,10H,1-3H2,(H,12,13). The third-order valence-electron chi connectivity index (χ3n) is 2.23. The number of aliphatic hydroxyl groups excluding tert-OH is 1. The minimum atomic E-state index is -1.09. The van der Waals surface area contributed by atoms with Crippen LogP contribution in [0.5, 0.6) is 0 Å². The van der Waals surface area contributed by atoms with Crippen LogP contribution in [0.25, 0.3) is 0 Å². The number of thioether (sulfide) groups is 1. The van der Waals surface area contributed by atoms with E-state index >= 15 is 0 Å². The average Bonchev–Trinajstić information content (AvgIpc) is 2.39. The number of carbonyl (C=O) groups excluding carboxylic acids is 1. The van der Waals surface area contributed by atoms with Gasteiger partial charge in [0.25, 0.3) is 0 Å². The summed E-state index contributed by atoms with van der Waals surface area (Å²) in [4.78, 5) is 23.9. The number of hydrogen-bond donors (Lipinski definition) is 2. The first-order valence-electron chi connectivity index (χ1n) is 4.21. The Morgan fingerprint density at radius 2 is 2.36 bits per heavy atom. The van der Waals surface area contributed by atoms with Crippen LogP contribution in [0.3, 0.4) is 0 Å². The minimum Gasteiger partial charge on any atom is -0.477 e. The smallest absolute Gasteiger partial charge is 0.353 e. The zero-order chi connectivity index (χ0) is 10.3. The SMILES string of the molecule is O=C(O)C1=C(CCO)SC2CC(=O)N12. The van der Waals surface area contributed by atoms with Gasteiger partial charge in [0, 0.05) is 17.9 Å². The fourth-order valence-electron chi connectivity index (χ4n) is 1.61. The fourth-order valence-corrected chi connectivity index (χ4v) is 2.99. The summed E-state index contributed by atoms with van der Waals surface area (Å²) >= 11 is 1.37. The molecule has 1 amide bonds. The van der Waals surface area contributed by atoms with Crippen molar-refractivity contribution in [3.05, 3.63) is 10.6 Å². The Morgan fingerprint density at radius 1 is 1.64 bits per heavy atom. The van der Waals surface area contributed by atoms with Crippen molar-refractivity contribution in [2.24, 2.45) is 0 Å². The first-order valence-corrected chi connectivity index (χ1v) is 5.09. The van der Waals surface area contributed by atoms with E-state index in [2.05, 4.69) is 0 Å². The predicted octanol–water partition coefficient (Wildman–Crippen LogP) is -0.0298. The van der Waals surface area contributed by atoms with Crippen molar-refractivity contribution < 1.29 is 19.8 Å². The summed E-state index contributed by atoms with van der Waals surface area (Å²) in [5.74, 6) is -1.23. The maximum Gasteiger partial charge on any atom is 0.353 e. The topological polar surface area (TPSA) is 77.8 Å². The summed E-state index contributed by atoms with van der Waals surface area (Å²) in [7, 11) is 0. The van der Waals surface area contributed by atoms with E-state index in [4.69, 9.17) is 10.2 Å². The van der Waals surface area contributed by atoms with E-state index in [9.17, 15) is 9.59 Å². The number of carbonyl (C=O) groups is 2. The molecule has 0 aromatic carbocycles. The Hall–Kier alpha value is -1.01. The molecule has 1 unspecified atom stereocenters. The molecule has 0 radical (unpaired) electrons. The minimum absolute atomic E-state index is 0.0462. The van der Waals surface area contributed by atoms with Crippen molar-refractivity contribution in [2.75, 3.05) is 6.61 Å². The van der Waals surface area contributed by atoms with Crippen LogP contribution in [0.15, 0.2) is 10.6 Å². The second-order valence-electron chi connectivity index (χ2n) is 3.09. The van der Waals surface area contributed by atoms with E-state index in [0.29, 0.717) is 17.7 Å². The number of aliphatic hydroxyl groups is 1. The van der Waals surface area contributed by atoms with Gasteiger partial charge in [0.05, 0.1) is 11.8 Å². The summed E-state index contributed by atoms with van der Waals surface area (Å²) in [5, 5.41) is 17.6. The Labute approximate surface area is 84.4 Å². The van der Waals surface area contributed by atoms with Crippen LogP contribution in [0, 0.1) is 0 Å². The van der Waals surface area contributed by atoms with Gasteiger partial charge in [0.1, 0.15) is 5.70 Å². The first-order chi connectivity index (χ1) is 6.65. The molecule has 1 saturated heterocycles. The number of carboxylic acid groups (broad SMARTS) is 1. The largest absolute Gasteiger partial charge is 0.477 e. The molecule has 0 bridgehead atoms. The Bertz CT molecular complexity index is 338. The van der Waals surface area contributed by atoms with Crippen LogP contribution < -0.4 is 0 Å². The lowest BCUT2D eigenvalue weighted by atomic mass is 10.1. The molecule has 2 heterocycles. The highest BCUT2D eigenvalue weighted by Gasteiger charge is 2.47. The molecule has 1 atom stereocenters. The molecule has 5 nitrogen and oxygen atoms in total. The van der Waals surface area contributed by atoms with Crippen LogP contribution in [0.4, 0.5) is 0 Å². The summed E-state index contributed by atoms with van der Waals surface area (Å²) in [6.45, 7) is -0.0894. The van der Waals surface area contributed by atoms with E-state index in [1.165, 1.54) is 16.7 Å². The summed E-state index contributed by atoms with van der Waals surface area (Å²) in [5.41, 5.74) is 0.0605. The zero-order valence-corrected chi connectivity index (χ0v) is 8.08. The molecule has 6 heteroatoms. The second kappa shape index (κ2) is 3.29. The molecule has 0 aromatic heterocycles. The van der Waals surface area contributed by atoms with Crippen molar-refractivity contribution in [2.45, 2.75) is 18.2 Å². The molecule has 0 spiro atoms. The lowest BCUT2D eigenvalue weighted by Gasteiger charge is -2.33. The van der Waals surface area contributed by atoms with Crippen LogP contribution >= 0.6 is 11.8 Å². The summed E-state index contributed by atoms with van der Waals surface area (Å²) in [6, 6.07) is 0. The summed E-state index contributed by atoms with van der Waals surface area (Å²) < 4.78 is 0. The van der Waals surface area contributed by atoms with Gasteiger partial charge in [-0.3, -0.25) is 9.69 Å². The maximum absolute atomic E-state index is 11.1. The molecular formula is C8H9NO4S. The van der Waals surface area contributed by atoms with Gasteiger partial charge in [-0.25, -0.2) is 4.79 Å². The van der Waals surface area contributed by atoms with Crippen molar-refractivity contribution >= 4 is 23.6 Å². The first kappa shape index (κ1) is 9.54. The molecule has 1 fully saturated rings. The maximum atomic E-state index is 11.1. The number of hydrogen-bond acceptors (Lipinski definition) is 4. The van der Waals surface area contributed by atoms with Gasteiger partial charge >= 0.3 is 5.97 Å². The van der Waals surface area contributed by atoms with Gasteiger partial charge in [-0.1, -0.05) is 0 Å². The molecule has 0 aromatic rings. The van der Waals surface area contributed by atoms with Gasteiger partial charge in [-0.2, -0.15) is 0 Å². The number of fused-ring (bicyclic) bond motifs is 1.